The molecule has 0 fully saturated rings. The predicted molar refractivity (Wildman–Crippen MR) is 51.5 cm³/mol. The maximum absolute atomic E-state index is 10.7. The molecule has 0 aliphatic carbocycles. The molecule has 1 atom stereocenters. The highest BCUT2D eigenvalue weighted by atomic mass is 35.5. The van der Waals surface area contributed by atoms with Gasteiger partial charge in [0.2, 0.25) is 11.1 Å². The first kappa shape index (κ1) is 11.8. The Kier molecular flexibility index (Phi) is 6.20. The highest BCUT2D eigenvalue weighted by molar-refractivity contribution is 7.98. The molecule has 0 heterocycles. The van der Waals surface area contributed by atoms with Crippen LogP contribution in [-0.2, 0) is 9.59 Å². The zero-order chi connectivity index (χ0) is 9.56. The number of thioether (sulfide) groups is 1. The van der Waals surface area contributed by atoms with Gasteiger partial charge in [0.1, 0.15) is 6.04 Å². The summed E-state index contributed by atoms with van der Waals surface area (Å²) in [5, 5.41) is 1.98. The van der Waals surface area contributed by atoms with Crippen LogP contribution in [0, 0.1) is 0 Å². The van der Waals surface area contributed by atoms with E-state index in [9.17, 15) is 9.59 Å². The number of halogens is 1. The first-order chi connectivity index (χ1) is 5.57. The quantitative estimate of drug-likeness (QED) is 0.688. The first-order valence-electron chi connectivity index (χ1n) is 3.53. The van der Waals surface area contributed by atoms with E-state index in [1.165, 1.54) is 6.92 Å². The molecule has 70 valence electrons. The van der Waals surface area contributed by atoms with Crippen LogP contribution in [0.3, 0.4) is 0 Å². The van der Waals surface area contributed by atoms with Gasteiger partial charge in [-0.05, 0) is 30.0 Å². The average molecular weight is 210 g/mol. The maximum atomic E-state index is 10.7. The van der Waals surface area contributed by atoms with Crippen molar-refractivity contribution in [1.82, 2.24) is 5.32 Å². The van der Waals surface area contributed by atoms with E-state index in [2.05, 4.69) is 5.32 Å². The Morgan fingerprint density at radius 1 is 1.58 bits per heavy atom. The highest BCUT2D eigenvalue weighted by Gasteiger charge is 2.15. The SMILES string of the molecule is CSCCC(NC(C)=O)C(=O)Cl. The molecule has 0 aliphatic heterocycles. The summed E-state index contributed by atoms with van der Waals surface area (Å²) < 4.78 is 0. The summed E-state index contributed by atoms with van der Waals surface area (Å²) in [6, 6.07) is -0.531. The van der Waals surface area contributed by atoms with E-state index in [-0.39, 0.29) is 5.91 Å². The summed E-state index contributed by atoms with van der Waals surface area (Å²) in [4.78, 5) is 21.3. The zero-order valence-electron chi connectivity index (χ0n) is 7.09. The number of amides is 1. The fourth-order valence-corrected chi connectivity index (χ4v) is 1.36. The van der Waals surface area contributed by atoms with Gasteiger partial charge in [0, 0.05) is 6.92 Å². The van der Waals surface area contributed by atoms with E-state index in [0.29, 0.717) is 6.42 Å². The van der Waals surface area contributed by atoms with Crippen LogP contribution in [0.25, 0.3) is 0 Å². The number of carbonyl (C=O) groups is 2. The van der Waals surface area contributed by atoms with Gasteiger partial charge in [0.15, 0.2) is 0 Å². The molecule has 0 aromatic rings. The van der Waals surface area contributed by atoms with Crippen LogP contribution in [0.2, 0.25) is 0 Å². The molecule has 0 saturated heterocycles. The third-order valence-corrected chi connectivity index (χ3v) is 2.17. The number of hydrogen-bond donors (Lipinski definition) is 1. The molecule has 1 N–H and O–H groups in total. The molecule has 0 aromatic carbocycles. The molecule has 0 saturated carbocycles. The Labute approximate surface area is 81.2 Å². The molecule has 5 heteroatoms. The van der Waals surface area contributed by atoms with Crippen LogP contribution in [0.4, 0.5) is 0 Å². The summed E-state index contributed by atoms with van der Waals surface area (Å²) in [7, 11) is 0. The van der Waals surface area contributed by atoms with Crippen LogP contribution in [0.5, 0.6) is 0 Å². The largest absolute Gasteiger partial charge is 0.345 e. The summed E-state index contributed by atoms with van der Waals surface area (Å²) in [6.45, 7) is 1.37. The number of nitrogens with one attached hydrogen (secondary N) is 1. The second-order valence-corrected chi connectivity index (χ2v) is 3.70. The third-order valence-electron chi connectivity index (χ3n) is 1.26. The molecule has 12 heavy (non-hydrogen) atoms. The molecule has 0 bridgehead atoms. The third kappa shape index (κ3) is 5.43. The lowest BCUT2D eigenvalue weighted by Gasteiger charge is -2.11. The van der Waals surface area contributed by atoms with Crippen LogP contribution in [-0.4, -0.2) is 29.2 Å². The van der Waals surface area contributed by atoms with Crippen molar-refractivity contribution in [3.8, 4) is 0 Å². The van der Waals surface area contributed by atoms with Crippen LogP contribution in [0.1, 0.15) is 13.3 Å². The second-order valence-electron chi connectivity index (χ2n) is 2.34. The topological polar surface area (TPSA) is 46.2 Å². The van der Waals surface area contributed by atoms with Crippen molar-refractivity contribution < 1.29 is 9.59 Å². The van der Waals surface area contributed by atoms with Crippen molar-refractivity contribution >= 4 is 34.5 Å². The summed E-state index contributed by atoms with van der Waals surface area (Å²) in [5.41, 5.74) is 0. The van der Waals surface area contributed by atoms with Gasteiger partial charge in [-0.15, -0.1) is 0 Å². The van der Waals surface area contributed by atoms with Crippen LogP contribution in [0.15, 0.2) is 0 Å². The minimum absolute atomic E-state index is 0.227. The maximum Gasteiger partial charge on any atom is 0.244 e. The van der Waals surface area contributed by atoms with Crippen LogP contribution >= 0.6 is 23.4 Å². The van der Waals surface area contributed by atoms with Crippen molar-refractivity contribution in [3.63, 3.8) is 0 Å². The van der Waals surface area contributed by atoms with Gasteiger partial charge in [0.05, 0.1) is 0 Å². The molecule has 0 spiro atoms. The molecule has 1 amide bonds. The standard InChI is InChI=1S/C7H12ClNO2S/c1-5(10)9-6(7(8)11)3-4-12-2/h6H,3-4H2,1-2H3,(H,9,10). The Morgan fingerprint density at radius 3 is 2.50 bits per heavy atom. The smallest absolute Gasteiger partial charge is 0.244 e. The van der Waals surface area contributed by atoms with Gasteiger partial charge < -0.3 is 5.32 Å². The summed E-state index contributed by atoms with van der Waals surface area (Å²) in [6.07, 6.45) is 2.52. The van der Waals surface area contributed by atoms with Gasteiger partial charge in [-0.1, -0.05) is 0 Å². The van der Waals surface area contributed by atoms with Crippen molar-refractivity contribution in [2.24, 2.45) is 0 Å². The molecular weight excluding hydrogens is 198 g/mol. The zero-order valence-corrected chi connectivity index (χ0v) is 8.67. The monoisotopic (exact) mass is 209 g/mol. The lowest BCUT2D eigenvalue weighted by atomic mass is 10.2. The lowest BCUT2D eigenvalue weighted by Crippen LogP contribution is -2.37. The van der Waals surface area contributed by atoms with E-state index in [0.717, 1.165) is 5.75 Å². The van der Waals surface area contributed by atoms with E-state index < -0.39 is 11.3 Å². The fraction of sp³-hybridized carbons (Fsp3) is 0.714. The molecule has 0 radical (unpaired) electrons. The normalized spacial score (nSPS) is 12.2. The summed E-state index contributed by atoms with van der Waals surface area (Å²) >= 11 is 6.87. The van der Waals surface area contributed by atoms with Crippen molar-refractivity contribution in [3.05, 3.63) is 0 Å². The Morgan fingerprint density at radius 2 is 2.17 bits per heavy atom. The second kappa shape index (κ2) is 6.31. The molecule has 1 unspecified atom stereocenters. The fourth-order valence-electron chi connectivity index (χ4n) is 0.723. The Balaban J connectivity index is 3.87. The molecular formula is C7H12ClNO2S. The summed E-state index contributed by atoms with van der Waals surface area (Å²) in [5.74, 6) is 0.582. The molecule has 3 nitrogen and oxygen atoms in total. The highest BCUT2D eigenvalue weighted by Crippen LogP contribution is 2.03. The van der Waals surface area contributed by atoms with Crippen molar-refractivity contribution in [2.75, 3.05) is 12.0 Å². The van der Waals surface area contributed by atoms with Gasteiger partial charge in [-0.2, -0.15) is 11.8 Å². The number of hydrogen-bond acceptors (Lipinski definition) is 3. The molecule has 0 aliphatic rings. The number of rotatable bonds is 5. The van der Waals surface area contributed by atoms with Crippen molar-refractivity contribution in [1.29, 1.82) is 0 Å². The van der Waals surface area contributed by atoms with E-state index in [1.54, 1.807) is 11.8 Å². The average Bonchev–Trinajstić information content (AvgIpc) is 1.96. The molecule has 0 aromatic heterocycles. The molecule has 0 rings (SSSR count). The minimum Gasteiger partial charge on any atom is -0.345 e. The van der Waals surface area contributed by atoms with Crippen LogP contribution < -0.4 is 5.32 Å². The van der Waals surface area contributed by atoms with E-state index >= 15 is 0 Å². The Hall–Kier alpha value is -0.220. The van der Waals surface area contributed by atoms with Gasteiger partial charge in [0.25, 0.3) is 0 Å². The van der Waals surface area contributed by atoms with E-state index in [4.69, 9.17) is 11.6 Å². The first-order valence-corrected chi connectivity index (χ1v) is 5.30. The van der Waals surface area contributed by atoms with Gasteiger partial charge >= 0.3 is 0 Å². The van der Waals surface area contributed by atoms with E-state index in [1.807, 2.05) is 6.26 Å². The lowest BCUT2D eigenvalue weighted by molar-refractivity contribution is -0.123. The number of carbonyl (C=O) groups excluding carboxylic acids is 2. The Bertz CT molecular complexity index is 175. The van der Waals surface area contributed by atoms with Crippen molar-refractivity contribution in [2.45, 2.75) is 19.4 Å². The van der Waals surface area contributed by atoms with Gasteiger partial charge in [-0.3, -0.25) is 9.59 Å². The minimum atomic E-state index is -0.531. The predicted octanol–water partition coefficient (Wildman–Crippen LogP) is 1.01. The van der Waals surface area contributed by atoms with Gasteiger partial charge in [-0.25, -0.2) is 0 Å².